The fourth-order valence-corrected chi connectivity index (χ4v) is 4.82. The predicted octanol–water partition coefficient (Wildman–Crippen LogP) is 2.33. The van der Waals surface area contributed by atoms with Gasteiger partial charge in [0.05, 0.1) is 12.4 Å². The summed E-state index contributed by atoms with van der Waals surface area (Å²) in [4.78, 5) is 2.60. The Kier molecular flexibility index (Phi) is 7.32. The fraction of sp³-hybridized carbons (Fsp3) is 1.00. The van der Waals surface area contributed by atoms with Gasteiger partial charge in [0.15, 0.2) is 0 Å². The van der Waals surface area contributed by atoms with E-state index in [0.717, 1.165) is 39.0 Å². The zero-order chi connectivity index (χ0) is 16.9. The van der Waals surface area contributed by atoms with E-state index < -0.39 is 10.0 Å². The first kappa shape index (κ1) is 19.2. The van der Waals surface area contributed by atoms with Crippen LogP contribution in [0.25, 0.3) is 0 Å². The average Bonchev–Trinajstić information content (AvgIpc) is 2.48. The highest BCUT2D eigenvalue weighted by Gasteiger charge is 2.30. The number of hydrogen-bond donors (Lipinski definition) is 0. The Labute approximate surface area is 142 Å². The first-order valence-corrected chi connectivity index (χ1v) is 11.0. The van der Waals surface area contributed by atoms with E-state index in [1.807, 2.05) is 0 Å². The van der Waals surface area contributed by atoms with Crippen LogP contribution in [0.5, 0.6) is 0 Å². The highest BCUT2D eigenvalue weighted by atomic mass is 32.2. The molecule has 2 aliphatic heterocycles. The van der Waals surface area contributed by atoms with Gasteiger partial charge in [0, 0.05) is 32.3 Å². The van der Waals surface area contributed by atoms with Gasteiger partial charge in [-0.15, -0.1) is 0 Å². The first-order chi connectivity index (χ1) is 10.9. The van der Waals surface area contributed by atoms with Gasteiger partial charge in [-0.05, 0) is 58.4 Å². The van der Waals surface area contributed by atoms with Gasteiger partial charge in [-0.25, -0.2) is 12.7 Å². The molecule has 6 heteroatoms. The zero-order valence-electron chi connectivity index (χ0n) is 15.0. The lowest BCUT2D eigenvalue weighted by molar-refractivity contribution is 0.0403. The maximum absolute atomic E-state index is 11.8. The monoisotopic (exact) mass is 346 g/mol. The quantitative estimate of drug-likeness (QED) is 0.710. The van der Waals surface area contributed by atoms with Gasteiger partial charge in [0.1, 0.15) is 0 Å². The molecule has 0 amide bonds. The molecular weight excluding hydrogens is 312 g/mol. The van der Waals surface area contributed by atoms with E-state index in [9.17, 15) is 8.42 Å². The summed E-state index contributed by atoms with van der Waals surface area (Å²) in [7, 11) is -3.04. The lowest BCUT2D eigenvalue weighted by atomic mass is 9.94. The van der Waals surface area contributed by atoms with Gasteiger partial charge >= 0.3 is 0 Å². The van der Waals surface area contributed by atoms with Crippen molar-refractivity contribution in [1.82, 2.24) is 9.21 Å². The number of rotatable bonds is 7. The molecule has 0 N–H and O–H groups in total. The Hall–Kier alpha value is -0.170. The zero-order valence-corrected chi connectivity index (χ0v) is 15.9. The van der Waals surface area contributed by atoms with E-state index in [2.05, 4.69) is 18.7 Å². The third-order valence-corrected chi connectivity index (χ3v) is 6.36. The molecule has 0 aliphatic carbocycles. The van der Waals surface area contributed by atoms with Crippen LogP contribution in [0.3, 0.4) is 0 Å². The molecule has 0 saturated carbocycles. The maximum atomic E-state index is 11.8. The fourth-order valence-electron chi connectivity index (χ4n) is 3.88. The van der Waals surface area contributed by atoms with Gasteiger partial charge in [0.25, 0.3) is 0 Å². The van der Waals surface area contributed by atoms with E-state index in [0.29, 0.717) is 31.2 Å². The molecule has 5 nitrogen and oxygen atoms in total. The standard InChI is InChI=1S/C17H34N2O3S/c1-15(2)22-12-9-17-8-4-5-10-18(17)13-16-7-6-11-19(14-16)23(3,20)21/h15-17H,4-14H2,1-3H3/t16-,17+/m0/s1. The molecule has 2 atom stereocenters. The molecule has 136 valence electrons. The Balaban J connectivity index is 1.85. The van der Waals surface area contributed by atoms with Gasteiger partial charge < -0.3 is 4.74 Å². The molecule has 2 saturated heterocycles. The van der Waals surface area contributed by atoms with Gasteiger partial charge in [-0.2, -0.15) is 0 Å². The van der Waals surface area contributed by atoms with Crippen LogP contribution in [0.15, 0.2) is 0 Å². The molecule has 2 rings (SSSR count). The van der Waals surface area contributed by atoms with E-state index in [4.69, 9.17) is 4.74 Å². The Morgan fingerprint density at radius 2 is 1.91 bits per heavy atom. The summed E-state index contributed by atoms with van der Waals surface area (Å²) < 4.78 is 31.0. The van der Waals surface area contributed by atoms with Crippen LogP contribution in [0, 0.1) is 5.92 Å². The normalized spacial score (nSPS) is 28.3. The summed E-state index contributed by atoms with van der Waals surface area (Å²) in [6, 6.07) is 0.608. The molecule has 0 unspecified atom stereocenters. The van der Waals surface area contributed by atoms with Crippen LogP contribution in [0.2, 0.25) is 0 Å². The number of hydrogen-bond acceptors (Lipinski definition) is 4. The van der Waals surface area contributed by atoms with Crippen LogP contribution >= 0.6 is 0 Å². The second-order valence-electron chi connectivity index (χ2n) is 7.48. The summed E-state index contributed by atoms with van der Waals surface area (Å²) in [6.07, 6.45) is 8.71. The molecule has 0 bridgehead atoms. The van der Waals surface area contributed by atoms with Gasteiger partial charge in [-0.3, -0.25) is 4.90 Å². The molecule has 0 spiro atoms. The lowest BCUT2D eigenvalue weighted by Gasteiger charge is -2.40. The van der Waals surface area contributed by atoms with E-state index in [1.165, 1.54) is 25.5 Å². The van der Waals surface area contributed by atoms with Crippen LogP contribution < -0.4 is 0 Å². The largest absolute Gasteiger partial charge is 0.379 e. The molecule has 0 aromatic rings. The molecule has 0 aromatic heterocycles. The highest BCUT2D eigenvalue weighted by Crippen LogP contribution is 2.25. The number of ether oxygens (including phenoxy) is 1. The minimum Gasteiger partial charge on any atom is -0.379 e. The first-order valence-electron chi connectivity index (χ1n) is 9.17. The minimum absolute atomic E-state index is 0.300. The maximum Gasteiger partial charge on any atom is 0.211 e. The predicted molar refractivity (Wildman–Crippen MR) is 94.1 cm³/mol. The molecule has 23 heavy (non-hydrogen) atoms. The van der Waals surface area contributed by atoms with Crippen molar-refractivity contribution in [3.05, 3.63) is 0 Å². The second-order valence-corrected chi connectivity index (χ2v) is 9.46. The summed E-state index contributed by atoms with van der Waals surface area (Å²) in [6.45, 7) is 8.59. The summed E-state index contributed by atoms with van der Waals surface area (Å²) in [5.74, 6) is 0.477. The highest BCUT2D eigenvalue weighted by molar-refractivity contribution is 7.88. The van der Waals surface area contributed by atoms with Crippen molar-refractivity contribution in [3.63, 3.8) is 0 Å². The van der Waals surface area contributed by atoms with Crippen molar-refractivity contribution >= 4 is 10.0 Å². The molecule has 2 heterocycles. The van der Waals surface area contributed by atoms with Gasteiger partial charge in [-0.1, -0.05) is 6.42 Å². The minimum atomic E-state index is -3.04. The molecule has 0 radical (unpaired) electrons. The lowest BCUT2D eigenvalue weighted by Crippen LogP contribution is -2.47. The van der Waals surface area contributed by atoms with E-state index >= 15 is 0 Å². The summed E-state index contributed by atoms with van der Waals surface area (Å²) >= 11 is 0. The van der Waals surface area contributed by atoms with Crippen molar-refractivity contribution in [1.29, 1.82) is 0 Å². The van der Waals surface area contributed by atoms with Crippen molar-refractivity contribution in [3.8, 4) is 0 Å². The average molecular weight is 347 g/mol. The van der Waals surface area contributed by atoms with Crippen molar-refractivity contribution in [2.75, 3.05) is 39.0 Å². The van der Waals surface area contributed by atoms with Crippen LogP contribution in [0.1, 0.15) is 52.4 Å². The van der Waals surface area contributed by atoms with E-state index in [1.54, 1.807) is 4.31 Å². The Bertz CT molecular complexity index is 453. The molecule has 2 fully saturated rings. The van der Waals surface area contributed by atoms with Gasteiger partial charge in [0.2, 0.25) is 10.0 Å². The summed E-state index contributed by atoms with van der Waals surface area (Å²) in [5.41, 5.74) is 0. The van der Waals surface area contributed by atoms with Crippen molar-refractivity contribution in [2.24, 2.45) is 5.92 Å². The third kappa shape index (κ3) is 6.33. The van der Waals surface area contributed by atoms with Crippen molar-refractivity contribution < 1.29 is 13.2 Å². The van der Waals surface area contributed by atoms with E-state index in [-0.39, 0.29) is 0 Å². The SMILES string of the molecule is CC(C)OCC[C@H]1CCCCN1C[C@@H]1CCCN(S(C)(=O)=O)C1. The third-order valence-electron chi connectivity index (χ3n) is 5.09. The Morgan fingerprint density at radius 1 is 1.13 bits per heavy atom. The number of nitrogens with zero attached hydrogens (tertiary/aromatic N) is 2. The van der Waals surface area contributed by atoms with Crippen LogP contribution in [0.4, 0.5) is 0 Å². The number of likely N-dealkylation sites (tertiary alicyclic amines) is 1. The molecule has 2 aliphatic rings. The molecular formula is C17H34N2O3S. The topological polar surface area (TPSA) is 49.9 Å². The van der Waals surface area contributed by atoms with Crippen LogP contribution in [-0.2, 0) is 14.8 Å². The van der Waals surface area contributed by atoms with Crippen LogP contribution in [-0.4, -0.2) is 68.8 Å². The molecule has 0 aromatic carbocycles. The Morgan fingerprint density at radius 3 is 2.61 bits per heavy atom. The second kappa shape index (κ2) is 8.79. The smallest absolute Gasteiger partial charge is 0.211 e. The summed E-state index contributed by atoms with van der Waals surface area (Å²) in [5, 5.41) is 0. The number of sulfonamides is 1. The number of piperidine rings is 2. The van der Waals surface area contributed by atoms with Crippen molar-refractivity contribution in [2.45, 2.75) is 64.5 Å².